The standard InChI is InChI=1S/C12H22N2O3/c1-4-5-9(2)13(3)12(17)14-7-6-10(8-14)11(15)16/h9-10H,4-8H2,1-3H3,(H,15,16). The van der Waals surface area contributed by atoms with Gasteiger partial charge in [-0.3, -0.25) is 4.79 Å². The Kier molecular flexibility index (Phi) is 4.78. The van der Waals surface area contributed by atoms with Crippen LogP contribution in [0.1, 0.15) is 33.1 Å². The molecule has 5 heteroatoms. The molecule has 5 nitrogen and oxygen atoms in total. The predicted molar refractivity (Wildman–Crippen MR) is 64.8 cm³/mol. The van der Waals surface area contributed by atoms with Gasteiger partial charge in [-0.1, -0.05) is 13.3 Å². The first-order chi connectivity index (χ1) is 7.97. The van der Waals surface area contributed by atoms with E-state index in [1.165, 1.54) is 0 Å². The number of urea groups is 1. The Morgan fingerprint density at radius 1 is 1.53 bits per heavy atom. The van der Waals surface area contributed by atoms with Crippen molar-refractivity contribution < 1.29 is 14.7 Å². The molecule has 0 aromatic heterocycles. The number of rotatable bonds is 4. The van der Waals surface area contributed by atoms with Crippen LogP contribution in [-0.4, -0.2) is 53.1 Å². The second kappa shape index (κ2) is 5.89. The zero-order valence-corrected chi connectivity index (χ0v) is 10.8. The van der Waals surface area contributed by atoms with Crippen LogP contribution in [0.2, 0.25) is 0 Å². The van der Waals surface area contributed by atoms with Gasteiger partial charge in [-0.15, -0.1) is 0 Å². The van der Waals surface area contributed by atoms with Gasteiger partial charge in [0, 0.05) is 26.2 Å². The molecule has 0 aromatic rings. The molecule has 0 saturated carbocycles. The molecule has 2 atom stereocenters. The van der Waals surface area contributed by atoms with E-state index in [1.54, 1.807) is 16.8 Å². The number of carboxylic acids is 1. The van der Waals surface area contributed by atoms with Gasteiger partial charge in [-0.25, -0.2) is 4.79 Å². The minimum absolute atomic E-state index is 0.0466. The molecule has 1 saturated heterocycles. The third kappa shape index (κ3) is 3.35. The minimum atomic E-state index is -0.801. The van der Waals surface area contributed by atoms with Crippen LogP contribution in [0.3, 0.4) is 0 Å². The van der Waals surface area contributed by atoms with Crippen molar-refractivity contribution in [1.29, 1.82) is 0 Å². The zero-order valence-electron chi connectivity index (χ0n) is 10.8. The van der Waals surface area contributed by atoms with E-state index in [0.717, 1.165) is 12.8 Å². The lowest BCUT2D eigenvalue weighted by Gasteiger charge is -2.29. The van der Waals surface area contributed by atoms with E-state index in [0.29, 0.717) is 19.5 Å². The van der Waals surface area contributed by atoms with E-state index in [9.17, 15) is 9.59 Å². The van der Waals surface area contributed by atoms with Crippen LogP contribution in [-0.2, 0) is 4.79 Å². The van der Waals surface area contributed by atoms with Crippen molar-refractivity contribution in [2.24, 2.45) is 5.92 Å². The summed E-state index contributed by atoms with van der Waals surface area (Å²) in [7, 11) is 1.79. The van der Waals surface area contributed by atoms with Crippen LogP contribution in [0.15, 0.2) is 0 Å². The van der Waals surface area contributed by atoms with Crippen molar-refractivity contribution in [3.05, 3.63) is 0 Å². The fourth-order valence-corrected chi connectivity index (χ4v) is 2.16. The van der Waals surface area contributed by atoms with Gasteiger partial charge < -0.3 is 14.9 Å². The van der Waals surface area contributed by atoms with Gasteiger partial charge >= 0.3 is 12.0 Å². The highest BCUT2D eigenvalue weighted by Crippen LogP contribution is 2.18. The maximum absolute atomic E-state index is 12.1. The quantitative estimate of drug-likeness (QED) is 0.815. The number of nitrogens with zero attached hydrogens (tertiary/aromatic N) is 2. The van der Waals surface area contributed by atoms with E-state index in [4.69, 9.17) is 5.11 Å². The summed E-state index contributed by atoms with van der Waals surface area (Å²) < 4.78 is 0. The second-order valence-electron chi connectivity index (χ2n) is 4.80. The summed E-state index contributed by atoms with van der Waals surface area (Å²) in [5, 5.41) is 8.89. The molecule has 0 radical (unpaired) electrons. The highest BCUT2D eigenvalue weighted by molar-refractivity contribution is 5.77. The zero-order chi connectivity index (χ0) is 13.0. The third-order valence-corrected chi connectivity index (χ3v) is 3.48. The first kappa shape index (κ1) is 13.8. The van der Waals surface area contributed by atoms with Crippen LogP contribution < -0.4 is 0 Å². The number of amides is 2. The van der Waals surface area contributed by atoms with Crippen molar-refractivity contribution in [3.8, 4) is 0 Å². The molecule has 98 valence electrons. The molecule has 1 N–H and O–H groups in total. The first-order valence-electron chi connectivity index (χ1n) is 6.21. The summed E-state index contributed by atoms with van der Waals surface area (Å²) in [4.78, 5) is 26.3. The Labute approximate surface area is 102 Å². The number of carboxylic acid groups (broad SMARTS) is 1. The van der Waals surface area contributed by atoms with E-state index in [2.05, 4.69) is 6.92 Å². The summed E-state index contributed by atoms with van der Waals surface area (Å²) in [6.07, 6.45) is 2.58. The molecule has 1 rings (SSSR count). The minimum Gasteiger partial charge on any atom is -0.481 e. The van der Waals surface area contributed by atoms with Gasteiger partial charge in [0.05, 0.1) is 5.92 Å². The molecule has 0 aliphatic carbocycles. The van der Waals surface area contributed by atoms with Crippen LogP contribution in [0.25, 0.3) is 0 Å². The number of aliphatic carboxylic acids is 1. The molecular weight excluding hydrogens is 220 g/mol. The van der Waals surface area contributed by atoms with Crippen molar-refractivity contribution in [1.82, 2.24) is 9.80 Å². The lowest BCUT2D eigenvalue weighted by molar-refractivity contribution is -0.141. The third-order valence-electron chi connectivity index (χ3n) is 3.48. The fourth-order valence-electron chi connectivity index (χ4n) is 2.16. The Morgan fingerprint density at radius 3 is 2.65 bits per heavy atom. The highest BCUT2D eigenvalue weighted by atomic mass is 16.4. The number of hydrogen-bond acceptors (Lipinski definition) is 2. The molecule has 2 amide bonds. The number of carbonyl (C=O) groups is 2. The van der Waals surface area contributed by atoms with Gasteiger partial charge in [0.15, 0.2) is 0 Å². The summed E-state index contributed by atoms with van der Waals surface area (Å²) in [5.41, 5.74) is 0. The van der Waals surface area contributed by atoms with Crippen LogP contribution in [0.5, 0.6) is 0 Å². The summed E-state index contributed by atoms with van der Waals surface area (Å²) >= 11 is 0. The molecule has 0 spiro atoms. The van der Waals surface area contributed by atoms with Crippen molar-refractivity contribution in [2.75, 3.05) is 20.1 Å². The average molecular weight is 242 g/mol. The Hall–Kier alpha value is -1.26. The Bertz CT molecular complexity index is 293. The van der Waals surface area contributed by atoms with Gasteiger partial charge in [0.25, 0.3) is 0 Å². The maximum atomic E-state index is 12.1. The van der Waals surface area contributed by atoms with Crippen molar-refractivity contribution in [2.45, 2.75) is 39.2 Å². The topological polar surface area (TPSA) is 60.9 Å². The summed E-state index contributed by atoms with van der Waals surface area (Å²) in [5.74, 6) is -1.20. The van der Waals surface area contributed by atoms with E-state index in [1.807, 2.05) is 6.92 Å². The van der Waals surface area contributed by atoms with Crippen molar-refractivity contribution in [3.63, 3.8) is 0 Å². The van der Waals surface area contributed by atoms with E-state index < -0.39 is 11.9 Å². The van der Waals surface area contributed by atoms with E-state index in [-0.39, 0.29) is 12.1 Å². The molecule has 1 heterocycles. The molecule has 17 heavy (non-hydrogen) atoms. The number of carbonyl (C=O) groups excluding carboxylic acids is 1. The number of likely N-dealkylation sites (tertiary alicyclic amines) is 1. The predicted octanol–water partition coefficient (Wildman–Crippen LogP) is 1.63. The molecule has 1 fully saturated rings. The largest absolute Gasteiger partial charge is 0.481 e. The Balaban J connectivity index is 2.51. The first-order valence-corrected chi connectivity index (χ1v) is 6.21. The van der Waals surface area contributed by atoms with Gasteiger partial charge in [-0.05, 0) is 19.8 Å². The van der Waals surface area contributed by atoms with Gasteiger partial charge in [-0.2, -0.15) is 0 Å². The van der Waals surface area contributed by atoms with Crippen molar-refractivity contribution >= 4 is 12.0 Å². The molecule has 1 aliphatic heterocycles. The fraction of sp³-hybridized carbons (Fsp3) is 0.833. The van der Waals surface area contributed by atoms with Crippen LogP contribution >= 0.6 is 0 Å². The second-order valence-corrected chi connectivity index (χ2v) is 4.80. The highest BCUT2D eigenvalue weighted by Gasteiger charge is 2.32. The lowest BCUT2D eigenvalue weighted by atomic mass is 10.1. The molecule has 0 aromatic carbocycles. The van der Waals surface area contributed by atoms with Crippen LogP contribution in [0, 0.1) is 5.92 Å². The molecule has 0 bridgehead atoms. The maximum Gasteiger partial charge on any atom is 0.320 e. The average Bonchev–Trinajstić information content (AvgIpc) is 2.76. The molecular formula is C12H22N2O3. The lowest BCUT2D eigenvalue weighted by Crippen LogP contribution is -2.44. The summed E-state index contributed by atoms with van der Waals surface area (Å²) in [6, 6.07) is 0.158. The SMILES string of the molecule is CCCC(C)N(C)C(=O)N1CCC(C(=O)O)C1. The number of hydrogen-bond donors (Lipinski definition) is 1. The monoisotopic (exact) mass is 242 g/mol. The smallest absolute Gasteiger partial charge is 0.320 e. The van der Waals surface area contributed by atoms with E-state index >= 15 is 0 Å². The van der Waals surface area contributed by atoms with Crippen LogP contribution in [0.4, 0.5) is 4.79 Å². The van der Waals surface area contributed by atoms with Gasteiger partial charge in [0.2, 0.25) is 0 Å². The normalized spacial score (nSPS) is 21.4. The Morgan fingerprint density at radius 2 is 2.18 bits per heavy atom. The molecule has 2 unspecified atom stereocenters. The molecule has 1 aliphatic rings. The summed E-state index contributed by atoms with van der Waals surface area (Å²) in [6.45, 7) is 5.01. The van der Waals surface area contributed by atoms with Gasteiger partial charge in [0.1, 0.15) is 0 Å².